The average molecular weight is 606 g/mol. The number of nitrogens with zero attached hydrogens (tertiary/aromatic N) is 5. The number of nitrogens with one attached hydrogen (secondary N) is 2. The first kappa shape index (κ1) is 31.1. The molecule has 1 aromatic heterocycles. The molecule has 3 aromatic rings. The van der Waals surface area contributed by atoms with Gasteiger partial charge < -0.3 is 15.5 Å². The van der Waals surface area contributed by atoms with Gasteiger partial charge in [0, 0.05) is 44.5 Å². The van der Waals surface area contributed by atoms with Crippen molar-refractivity contribution in [1.29, 1.82) is 0 Å². The van der Waals surface area contributed by atoms with Crippen LogP contribution in [0.3, 0.4) is 0 Å². The second-order valence-electron chi connectivity index (χ2n) is 12.3. The van der Waals surface area contributed by atoms with Gasteiger partial charge in [-0.25, -0.2) is 4.68 Å². The molecule has 1 saturated heterocycles. The number of hydrogen-bond acceptors (Lipinski definition) is 6. The van der Waals surface area contributed by atoms with Crippen LogP contribution in [0, 0.1) is 5.41 Å². The van der Waals surface area contributed by atoms with E-state index in [0.717, 1.165) is 37.1 Å². The van der Waals surface area contributed by atoms with Crippen LogP contribution in [0.5, 0.6) is 0 Å². The van der Waals surface area contributed by atoms with Gasteiger partial charge in [-0.3, -0.25) is 9.59 Å². The van der Waals surface area contributed by atoms with Gasteiger partial charge in [0.25, 0.3) is 0 Å². The molecule has 9 nitrogen and oxygen atoms in total. The van der Waals surface area contributed by atoms with Crippen molar-refractivity contribution in [3.05, 3.63) is 76.1 Å². The summed E-state index contributed by atoms with van der Waals surface area (Å²) in [5.74, 6) is 0.725. The predicted octanol–water partition coefficient (Wildman–Crippen LogP) is 4.43. The number of benzene rings is 2. The maximum Gasteiger partial charge on any atom is 0.245 e. The number of unbranched alkanes of at least 4 members (excludes halogenated alkanes) is 3. The summed E-state index contributed by atoms with van der Waals surface area (Å²) >= 11 is 6.13. The van der Waals surface area contributed by atoms with Crippen molar-refractivity contribution in [1.82, 2.24) is 35.7 Å². The number of amides is 2. The number of piperidine rings is 1. The Hall–Kier alpha value is -3.30. The smallest absolute Gasteiger partial charge is 0.245 e. The molecule has 2 aliphatic rings. The van der Waals surface area contributed by atoms with Crippen LogP contribution in [-0.4, -0.2) is 62.1 Å². The molecule has 230 valence electrons. The van der Waals surface area contributed by atoms with Crippen molar-refractivity contribution < 1.29 is 9.59 Å². The largest absolute Gasteiger partial charge is 0.343 e. The third-order valence-corrected chi connectivity index (χ3v) is 9.55. The minimum atomic E-state index is -0.660. The third kappa shape index (κ3) is 8.00. The van der Waals surface area contributed by atoms with Gasteiger partial charge >= 0.3 is 0 Å². The Morgan fingerprint density at radius 3 is 2.51 bits per heavy atom. The number of halogens is 1. The Morgan fingerprint density at radius 1 is 1.07 bits per heavy atom. The van der Waals surface area contributed by atoms with Gasteiger partial charge in [-0.15, -0.1) is 5.10 Å². The van der Waals surface area contributed by atoms with E-state index >= 15 is 0 Å². The molecule has 0 radical (unpaired) electrons. The number of rotatable bonds is 12. The molecule has 0 spiro atoms. The quantitative estimate of drug-likeness (QED) is 0.296. The standard InChI is InChI=1S/C33H44ClN7O2/c1-3-4-5-8-15-33(22-30-37-38-39-40(30)2)16-18-41(19-17-33)32(43)29(20-24-11-13-27(34)14-12-24)36-31(42)28-21-25-9-6-7-10-26(25)23-35-28/h6-7,9-14,28-29,35H,3-5,8,15-23H2,1-2H3,(H,36,42)/t28-,29+/m1/s1. The van der Waals surface area contributed by atoms with E-state index in [2.05, 4.69) is 45.2 Å². The Balaban J connectivity index is 1.28. The molecule has 0 bridgehead atoms. The molecule has 1 fully saturated rings. The first-order chi connectivity index (χ1) is 20.9. The van der Waals surface area contributed by atoms with Gasteiger partial charge in [-0.2, -0.15) is 0 Å². The molecule has 2 atom stereocenters. The number of aryl methyl sites for hydroxylation is 1. The average Bonchev–Trinajstić information content (AvgIpc) is 3.43. The Kier molecular flexibility index (Phi) is 10.5. The summed E-state index contributed by atoms with van der Waals surface area (Å²) in [5.41, 5.74) is 3.40. The van der Waals surface area contributed by atoms with Crippen LogP contribution in [0.15, 0.2) is 48.5 Å². The number of fused-ring (bicyclic) bond motifs is 1. The maximum absolute atomic E-state index is 14.1. The van der Waals surface area contributed by atoms with E-state index in [4.69, 9.17) is 11.6 Å². The van der Waals surface area contributed by atoms with Gasteiger partial charge in [-0.05, 0) is 70.3 Å². The monoisotopic (exact) mass is 605 g/mol. The minimum absolute atomic E-state index is 0.0283. The van der Waals surface area contributed by atoms with Gasteiger partial charge in [0.1, 0.15) is 6.04 Å². The van der Waals surface area contributed by atoms with Crippen LogP contribution >= 0.6 is 11.6 Å². The van der Waals surface area contributed by atoms with Crippen LogP contribution in [0.2, 0.25) is 5.02 Å². The second kappa shape index (κ2) is 14.4. The molecule has 2 N–H and O–H groups in total. The molecule has 2 aromatic carbocycles. The first-order valence-corrected chi connectivity index (χ1v) is 16.1. The second-order valence-corrected chi connectivity index (χ2v) is 12.8. The molecular formula is C33H44ClN7O2. The SMILES string of the molecule is CCCCCCC1(Cc2nnnn2C)CCN(C(=O)[C@H](Cc2ccc(Cl)cc2)NC(=O)[C@H]2Cc3ccccc3CN2)CC1. The van der Waals surface area contributed by atoms with Crippen LogP contribution in [0.25, 0.3) is 0 Å². The van der Waals surface area contributed by atoms with Gasteiger partial charge in [0.15, 0.2) is 5.82 Å². The minimum Gasteiger partial charge on any atom is -0.343 e. The Morgan fingerprint density at radius 2 is 1.81 bits per heavy atom. The van der Waals surface area contributed by atoms with Crippen LogP contribution < -0.4 is 10.6 Å². The molecule has 3 heterocycles. The van der Waals surface area contributed by atoms with Crippen molar-refractivity contribution in [2.75, 3.05) is 13.1 Å². The zero-order chi connectivity index (χ0) is 30.2. The summed E-state index contributed by atoms with van der Waals surface area (Å²) in [6.45, 7) is 4.17. The summed E-state index contributed by atoms with van der Waals surface area (Å²) in [4.78, 5) is 29.6. The summed E-state index contributed by atoms with van der Waals surface area (Å²) < 4.78 is 1.76. The zero-order valence-electron chi connectivity index (χ0n) is 25.4. The zero-order valence-corrected chi connectivity index (χ0v) is 26.2. The Bertz CT molecular complexity index is 1370. The molecule has 43 heavy (non-hydrogen) atoms. The first-order valence-electron chi connectivity index (χ1n) is 15.7. The van der Waals surface area contributed by atoms with Crippen molar-refractivity contribution in [2.24, 2.45) is 12.5 Å². The number of tetrazole rings is 1. The third-order valence-electron chi connectivity index (χ3n) is 9.30. The molecule has 5 rings (SSSR count). The van der Waals surface area contributed by atoms with E-state index in [0.29, 0.717) is 37.5 Å². The van der Waals surface area contributed by atoms with Gasteiger partial charge in [0.05, 0.1) is 6.04 Å². The summed E-state index contributed by atoms with van der Waals surface area (Å²) in [5, 5.41) is 19.3. The van der Waals surface area contributed by atoms with Crippen LogP contribution in [-0.2, 0) is 42.4 Å². The molecule has 0 saturated carbocycles. The lowest BCUT2D eigenvalue weighted by molar-refractivity contribution is -0.139. The fourth-order valence-corrected chi connectivity index (χ4v) is 6.69. The number of carbonyl (C=O) groups is 2. The number of carbonyl (C=O) groups excluding carboxylic acids is 2. The van der Waals surface area contributed by atoms with Crippen LogP contribution in [0.1, 0.15) is 74.4 Å². The fraction of sp³-hybridized carbons (Fsp3) is 0.545. The van der Waals surface area contributed by atoms with E-state index < -0.39 is 6.04 Å². The molecule has 2 amide bonds. The predicted molar refractivity (Wildman–Crippen MR) is 167 cm³/mol. The lowest BCUT2D eigenvalue weighted by Crippen LogP contribution is -2.57. The lowest BCUT2D eigenvalue weighted by atomic mass is 9.71. The highest BCUT2D eigenvalue weighted by Crippen LogP contribution is 2.40. The van der Waals surface area contributed by atoms with E-state index in [9.17, 15) is 9.59 Å². The van der Waals surface area contributed by atoms with Crippen molar-refractivity contribution in [3.8, 4) is 0 Å². The van der Waals surface area contributed by atoms with E-state index in [1.54, 1.807) is 4.68 Å². The van der Waals surface area contributed by atoms with Crippen molar-refractivity contribution >= 4 is 23.4 Å². The summed E-state index contributed by atoms with van der Waals surface area (Å²) in [7, 11) is 1.89. The van der Waals surface area contributed by atoms with Gasteiger partial charge in [-0.1, -0.05) is 80.6 Å². The maximum atomic E-state index is 14.1. The number of aromatic nitrogens is 4. The highest BCUT2D eigenvalue weighted by Gasteiger charge is 2.39. The molecule has 0 unspecified atom stereocenters. The van der Waals surface area contributed by atoms with Crippen LogP contribution in [0.4, 0.5) is 0 Å². The molecule has 10 heteroatoms. The van der Waals surface area contributed by atoms with E-state index in [1.807, 2.05) is 48.3 Å². The molecule has 0 aliphatic carbocycles. The molecular weight excluding hydrogens is 562 g/mol. The van der Waals surface area contributed by atoms with E-state index in [-0.39, 0.29) is 23.3 Å². The molecule has 2 aliphatic heterocycles. The lowest BCUT2D eigenvalue weighted by Gasteiger charge is -2.43. The summed E-state index contributed by atoms with van der Waals surface area (Å²) in [6.07, 6.45) is 9.52. The highest BCUT2D eigenvalue weighted by molar-refractivity contribution is 6.30. The summed E-state index contributed by atoms with van der Waals surface area (Å²) in [6, 6.07) is 14.7. The van der Waals surface area contributed by atoms with Crippen molar-refractivity contribution in [2.45, 2.75) is 89.8 Å². The normalized spacial score (nSPS) is 18.6. The fourth-order valence-electron chi connectivity index (χ4n) is 6.57. The van der Waals surface area contributed by atoms with Gasteiger partial charge in [0.2, 0.25) is 11.8 Å². The highest BCUT2D eigenvalue weighted by atomic mass is 35.5. The number of hydrogen-bond donors (Lipinski definition) is 2. The topological polar surface area (TPSA) is 105 Å². The van der Waals surface area contributed by atoms with E-state index in [1.165, 1.54) is 36.8 Å². The Labute approximate surface area is 259 Å². The van der Waals surface area contributed by atoms with Crippen molar-refractivity contribution in [3.63, 3.8) is 0 Å². The number of likely N-dealkylation sites (tertiary alicyclic amines) is 1.